The second kappa shape index (κ2) is 67.6. The van der Waals surface area contributed by atoms with Crippen molar-refractivity contribution in [1.29, 1.82) is 0 Å². The summed E-state index contributed by atoms with van der Waals surface area (Å²) >= 11 is 0. The van der Waals surface area contributed by atoms with Crippen molar-refractivity contribution >= 4 is 17.9 Å². The third kappa shape index (κ3) is 64.9. The van der Waals surface area contributed by atoms with Crippen LogP contribution >= 0.6 is 0 Å². The Morgan fingerprint density at radius 2 is 0.487 bits per heavy atom. The molecule has 6 nitrogen and oxygen atoms in total. The summed E-state index contributed by atoms with van der Waals surface area (Å²) in [5.41, 5.74) is 0. The minimum absolute atomic E-state index is 0.0802. The smallest absolute Gasteiger partial charge is 0.306 e. The number of carbonyl (C=O) groups excluding carboxylic acids is 3. The summed E-state index contributed by atoms with van der Waals surface area (Å²) in [5.74, 6) is -0.884. The molecule has 0 saturated heterocycles. The number of unbranched alkanes of at least 4 members (excludes halogenated alkanes) is 32. The van der Waals surface area contributed by atoms with Crippen LogP contribution in [-0.4, -0.2) is 37.2 Å². The molecule has 0 amide bonds. The molecule has 0 aromatic rings. The molecule has 0 aliphatic rings. The molecule has 0 bridgehead atoms. The fourth-order valence-electron chi connectivity index (χ4n) is 9.45. The third-order valence-electron chi connectivity index (χ3n) is 14.5. The van der Waals surface area contributed by atoms with E-state index in [0.29, 0.717) is 19.3 Å². The van der Waals surface area contributed by atoms with Crippen LogP contribution in [-0.2, 0) is 28.6 Å². The van der Waals surface area contributed by atoms with Gasteiger partial charge in [-0.25, -0.2) is 0 Å². The molecule has 0 rings (SSSR count). The van der Waals surface area contributed by atoms with E-state index >= 15 is 0 Å². The van der Waals surface area contributed by atoms with Gasteiger partial charge in [-0.3, -0.25) is 14.4 Å². The van der Waals surface area contributed by atoms with Gasteiger partial charge in [-0.05, 0) is 109 Å². The lowest BCUT2D eigenvalue weighted by Gasteiger charge is -2.18. The molecule has 0 saturated carbocycles. The molecular weight excluding hydrogens is 985 g/mol. The van der Waals surface area contributed by atoms with E-state index in [4.69, 9.17) is 14.2 Å². The molecule has 0 aromatic carbocycles. The molecule has 0 aliphatic heterocycles. The minimum atomic E-state index is -0.784. The number of carbonyl (C=O) groups is 3. The standard InChI is InChI=1S/C74H126O6/c1-4-7-10-13-16-19-22-24-26-28-30-31-32-33-34-35-36-37-38-39-40-41-42-43-45-46-48-50-52-55-58-61-64-67-73(76)79-70-71(69-78-72(75)66-63-60-57-54-21-18-15-12-9-6-3)80-74(77)68-65-62-59-56-53-51-49-47-44-29-27-25-23-20-17-14-11-8-5-2/h7,10,16-17,19-20,24-27,30-31,33-34,36-37,44,47,71H,4-6,8-9,11-15,18,21-23,28-29,32,35,38-43,45-46,48-70H2,1-3H3/b10-7-,19-16-,20-17-,26-24-,27-25-,31-30-,34-33-,37-36-,47-44-. The Balaban J connectivity index is 4.17. The second-order valence-electron chi connectivity index (χ2n) is 22.4. The van der Waals surface area contributed by atoms with Gasteiger partial charge in [-0.2, -0.15) is 0 Å². The maximum atomic E-state index is 12.9. The van der Waals surface area contributed by atoms with Gasteiger partial charge in [0.05, 0.1) is 0 Å². The van der Waals surface area contributed by atoms with E-state index in [9.17, 15) is 14.4 Å². The summed E-state index contributed by atoms with van der Waals surface area (Å²) in [7, 11) is 0. The molecule has 1 unspecified atom stereocenters. The SMILES string of the molecule is CC/C=C\C/C=C\C/C=C\C/C=C\C/C=C\C/C=C\CCCCCCCCCCCCCCCCC(=O)OCC(COC(=O)CCCCCCCCCCCC)OC(=O)CCCCCCCC/C=C\C/C=C\C/C=C\CCCCC. The summed E-state index contributed by atoms with van der Waals surface area (Å²) in [5, 5.41) is 0. The largest absolute Gasteiger partial charge is 0.462 e. The van der Waals surface area contributed by atoms with Crippen molar-refractivity contribution < 1.29 is 28.6 Å². The van der Waals surface area contributed by atoms with Crippen LogP contribution in [0.4, 0.5) is 0 Å². The lowest BCUT2D eigenvalue weighted by Crippen LogP contribution is -2.30. The first kappa shape index (κ1) is 76.1. The Kier molecular flexibility index (Phi) is 64.3. The van der Waals surface area contributed by atoms with E-state index in [0.717, 1.165) is 122 Å². The predicted molar refractivity (Wildman–Crippen MR) is 348 cm³/mol. The second-order valence-corrected chi connectivity index (χ2v) is 22.4. The number of ether oxygens (including phenoxy) is 3. The van der Waals surface area contributed by atoms with Crippen LogP contribution in [0.3, 0.4) is 0 Å². The highest BCUT2D eigenvalue weighted by molar-refractivity contribution is 5.71. The predicted octanol–water partition coefficient (Wildman–Crippen LogP) is 23.4. The highest BCUT2D eigenvalue weighted by Gasteiger charge is 2.19. The zero-order valence-electron chi connectivity index (χ0n) is 52.6. The normalized spacial score (nSPS) is 12.8. The van der Waals surface area contributed by atoms with E-state index in [2.05, 4.69) is 130 Å². The molecule has 6 heteroatoms. The van der Waals surface area contributed by atoms with E-state index in [1.807, 2.05) is 0 Å². The Morgan fingerprint density at radius 3 is 0.787 bits per heavy atom. The molecule has 80 heavy (non-hydrogen) atoms. The zero-order valence-corrected chi connectivity index (χ0v) is 52.6. The average Bonchev–Trinajstić information content (AvgIpc) is 3.46. The first-order chi connectivity index (χ1) is 39.5. The van der Waals surface area contributed by atoms with E-state index in [1.165, 1.54) is 161 Å². The van der Waals surface area contributed by atoms with Gasteiger partial charge in [0.1, 0.15) is 13.2 Å². The number of rotatable bonds is 61. The van der Waals surface area contributed by atoms with E-state index in [-0.39, 0.29) is 31.1 Å². The van der Waals surface area contributed by atoms with Crippen LogP contribution in [0, 0.1) is 0 Å². The molecule has 0 aliphatic carbocycles. The van der Waals surface area contributed by atoms with Crippen molar-refractivity contribution in [3.05, 3.63) is 109 Å². The van der Waals surface area contributed by atoms with Crippen LogP contribution in [0.1, 0.15) is 323 Å². The Labute approximate surface area is 495 Å². The quantitative estimate of drug-likeness (QED) is 0.0261. The maximum Gasteiger partial charge on any atom is 0.306 e. The fraction of sp³-hybridized carbons (Fsp3) is 0.716. The monoisotopic (exact) mass is 1110 g/mol. The van der Waals surface area contributed by atoms with Gasteiger partial charge in [0.15, 0.2) is 6.10 Å². The molecule has 458 valence electrons. The van der Waals surface area contributed by atoms with Gasteiger partial charge in [0.2, 0.25) is 0 Å². The molecule has 0 N–H and O–H groups in total. The number of esters is 3. The summed E-state index contributed by atoms with van der Waals surface area (Å²) < 4.78 is 16.9. The highest BCUT2D eigenvalue weighted by Crippen LogP contribution is 2.17. The van der Waals surface area contributed by atoms with E-state index in [1.54, 1.807) is 0 Å². The van der Waals surface area contributed by atoms with Gasteiger partial charge in [-0.15, -0.1) is 0 Å². The Morgan fingerprint density at radius 1 is 0.263 bits per heavy atom. The molecule has 1 atom stereocenters. The highest BCUT2D eigenvalue weighted by atomic mass is 16.6. The van der Waals surface area contributed by atoms with Gasteiger partial charge < -0.3 is 14.2 Å². The molecule has 0 aromatic heterocycles. The van der Waals surface area contributed by atoms with Crippen molar-refractivity contribution in [2.45, 2.75) is 329 Å². The lowest BCUT2D eigenvalue weighted by molar-refractivity contribution is -0.167. The average molecular weight is 1110 g/mol. The lowest BCUT2D eigenvalue weighted by atomic mass is 10.0. The van der Waals surface area contributed by atoms with Crippen LogP contribution in [0.5, 0.6) is 0 Å². The topological polar surface area (TPSA) is 78.9 Å². The molecule has 0 spiro atoms. The van der Waals surface area contributed by atoms with Crippen LogP contribution in [0.15, 0.2) is 109 Å². The van der Waals surface area contributed by atoms with Gasteiger partial charge in [0, 0.05) is 19.3 Å². The summed E-state index contributed by atoms with van der Waals surface area (Å²) in [6.07, 6.45) is 92.5. The van der Waals surface area contributed by atoms with Crippen LogP contribution < -0.4 is 0 Å². The van der Waals surface area contributed by atoms with Gasteiger partial charge in [0.25, 0.3) is 0 Å². The number of allylic oxidation sites excluding steroid dienone is 18. The van der Waals surface area contributed by atoms with Gasteiger partial charge in [-0.1, -0.05) is 304 Å². The Hall–Kier alpha value is -3.93. The molecular formula is C74H126O6. The molecule has 0 fully saturated rings. The first-order valence-corrected chi connectivity index (χ1v) is 33.9. The van der Waals surface area contributed by atoms with Crippen molar-refractivity contribution in [1.82, 2.24) is 0 Å². The summed E-state index contributed by atoms with van der Waals surface area (Å²) in [6.45, 7) is 6.50. The third-order valence-corrected chi connectivity index (χ3v) is 14.5. The van der Waals surface area contributed by atoms with Crippen LogP contribution in [0.25, 0.3) is 0 Å². The maximum absolute atomic E-state index is 12.9. The number of hydrogen-bond donors (Lipinski definition) is 0. The van der Waals surface area contributed by atoms with Crippen molar-refractivity contribution in [3.8, 4) is 0 Å². The summed E-state index contributed by atoms with van der Waals surface area (Å²) in [6, 6.07) is 0. The minimum Gasteiger partial charge on any atom is -0.462 e. The van der Waals surface area contributed by atoms with Crippen molar-refractivity contribution in [2.75, 3.05) is 13.2 Å². The van der Waals surface area contributed by atoms with Crippen molar-refractivity contribution in [2.24, 2.45) is 0 Å². The van der Waals surface area contributed by atoms with Crippen molar-refractivity contribution in [3.63, 3.8) is 0 Å². The van der Waals surface area contributed by atoms with Gasteiger partial charge >= 0.3 is 17.9 Å². The number of hydrogen-bond acceptors (Lipinski definition) is 6. The Bertz CT molecular complexity index is 1610. The zero-order chi connectivity index (χ0) is 57.8. The fourth-order valence-corrected chi connectivity index (χ4v) is 9.45. The van der Waals surface area contributed by atoms with Crippen LogP contribution in [0.2, 0.25) is 0 Å². The first-order valence-electron chi connectivity index (χ1n) is 33.9. The molecule has 0 heterocycles. The van der Waals surface area contributed by atoms with E-state index < -0.39 is 6.10 Å². The summed E-state index contributed by atoms with van der Waals surface area (Å²) in [4.78, 5) is 38.3. The molecule has 0 radical (unpaired) electrons.